The minimum absolute atomic E-state index is 0.0478. The fourth-order valence-corrected chi connectivity index (χ4v) is 2.11. The van der Waals surface area contributed by atoms with Gasteiger partial charge in [0.2, 0.25) is 0 Å². The third-order valence-corrected chi connectivity index (χ3v) is 3.09. The number of nitrogens with zero attached hydrogens (tertiary/aromatic N) is 2. The average molecular weight is 234 g/mol. The fourth-order valence-electron chi connectivity index (χ4n) is 2.11. The Hall–Kier alpha value is -1.71. The molecule has 1 heterocycles. The zero-order valence-electron chi connectivity index (χ0n) is 10.3. The number of phenolic OH excluding ortho intramolecular Hbond substituents is 1. The molecule has 1 fully saturated rings. The number of hydrogen-bond donors (Lipinski definition) is 1. The SMILES string of the molecule is CN(C)C(=O)c1cc(N2CCCC2)ccc1O. The lowest BCUT2D eigenvalue weighted by Gasteiger charge is -2.19. The van der Waals surface area contributed by atoms with E-state index >= 15 is 0 Å². The summed E-state index contributed by atoms with van der Waals surface area (Å²) < 4.78 is 0. The predicted molar refractivity (Wildman–Crippen MR) is 67.6 cm³/mol. The van der Waals surface area contributed by atoms with Gasteiger partial charge in [0.1, 0.15) is 5.75 Å². The van der Waals surface area contributed by atoms with E-state index in [1.165, 1.54) is 17.7 Å². The van der Waals surface area contributed by atoms with Crippen LogP contribution in [0.2, 0.25) is 0 Å². The van der Waals surface area contributed by atoms with Crippen LogP contribution in [-0.4, -0.2) is 43.1 Å². The van der Waals surface area contributed by atoms with Crippen LogP contribution < -0.4 is 4.90 Å². The van der Waals surface area contributed by atoms with E-state index in [0.29, 0.717) is 5.56 Å². The summed E-state index contributed by atoms with van der Waals surface area (Å²) in [6.45, 7) is 2.06. The Labute approximate surface area is 101 Å². The molecule has 0 atom stereocenters. The maximum absolute atomic E-state index is 11.9. The minimum atomic E-state index is -0.163. The van der Waals surface area contributed by atoms with E-state index < -0.39 is 0 Å². The van der Waals surface area contributed by atoms with Crippen LogP contribution in [-0.2, 0) is 0 Å². The third-order valence-electron chi connectivity index (χ3n) is 3.09. The van der Waals surface area contributed by atoms with Crippen LogP contribution in [0.15, 0.2) is 18.2 Å². The van der Waals surface area contributed by atoms with Gasteiger partial charge in [-0.1, -0.05) is 0 Å². The second-order valence-corrected chi connectivity index (χ2v) is 4.60. The summed E-state index contributed by atoms with van der Waals surface area (Å²) in [5.41, 5.74) is 1.39. The van der Waals surface area contributed by atoms with E-state index in [9.17, 15) is 9.90 Å². The van der Waals surface area contributed by atoms with Gasteiger partial charge in [-0.3, -0.25) is 4.79 Å². The van der Waals surface area contributed by atoms with Crippen LogP contribution in [0.4, 0.5) is 5.69 Å². The van der Waals surface area contributed by atoms with Crippen molar-refractivity contribution in [2.45, 2.75) is 12.8 Å². The van der Waals surface area contributed by atoms with Crippen molar-refractivity contribution in [1.82, 2.24) is 4.90 Å². The Kier molecular flexibility index (Phi) is 3.22. The van der Waals surface area contributed by atoms with Crippen molar-refractivity contribution in [1.29, 1.82) is 0 Å². The van der Waals surface area contributed by atoms with Gasteiger partial charge in [-0.2, -0.15) is 0 Å². The van der Waals surface area contributed by atoms with Crippen molar-refractivity contribution < 1.29 is 9.90 Å². The number of anilines is 1. The molecule has 1 N–H and O–H groups in total. The van der Waals surface area contributed by atoms with Crippen LogP contribution in [0, 0.1) is 0 Å². The maximum Gasteiger partial charge on any atom is 0.257 e. The Morgan fingerprint density at radius 1 is 1.29 bits per heavy atom. The second kappa shape index (κ2) is 4.65. The number of aromatic hydroxyl groups is 1. The van der Waals surface area contributed by atoms with E-state index in [1.807, 2.05) is 6.07 Å². The van der Waals surface area contributed by atoms with Crippen LogP contribution in [0.25, 0.3) is 0 Å². The van der Waals surface area contributed by atoms with Crippen LogP contribution in [0.1, 0.15) is 23.2 Å². The smallest absolute Gasteiger partial charge is 0.257 e. The highest BCUT2D eigenvalue weighted by atomic mass is 16.3. The molecule has 92 valence electrons. The molecule has 2 rings (SSSR count). The topological polar surface area (TPSA) is 43.8 Å². The molecule has 1 aliphatic heterocycles. The molecule has 0 aliphatic carbocycles. The van der Waals surface area contributed by atoms with Crippen molar-refractivity contribution in [3.63, 3.8) is 0 Å². The Bertz CT molecular complexity index is 423. The van der Waals surface area contributed by atoms with Gasteiger partial charge in [-0.05, 0) is 31.0 Å². The first-order chi connectivity index (χ1) is 8.09. The molecule has 0 spiro atoms. The number of amides is 1. The van der Waals surface area contributed by atoms with Crippen molar-refractivity contribution >= 4 is 11.6 Å². The van der Waals surface area contributed by atoms with Crippen molar-refractivity contribution in [2.24, 2.45) is 0 Å². The number of rotatable bonds is 2. The highest BCUT2D eigenvalue weighted by Crippen LogP contribution is 2.27. The van der Waals surface area contributed by atoms with Gasteiger partial charge in [-0.15, -0.1) is 0 Å². The number of benzene rings is 1. The lowest BCUT2D eigenvalue weighted by molar-refractivity contribution is 0.0824. The average Bonchev–Trinajstić information content (AvgIpc) is 2.82. The third kappa shape index (κ3) is 2.35. The number of carbonyl (C=O) groups excluding carboxylic acids is 1. The van der Waals surface area contributed by atoms with E-state index in [2.05, 4.69) is 4.90 Å². The highest BCUT2D eigenvalue weighted by molar-refractivity contribution is 5.97. The van der Waals surface area contributed by atoms with Gasteiger partial charge in [-0.25, -0.2) is 0 Å². The fraction of sp³-hybridized carbons (Fsp3) is 0.462. The number of hydrogen-bond acceptors (Lipinski definition) is 3. The van der Waals surface area contributed by atoms with E-state index in [1.54, 1.807) is 26.2 Å². The normalized spacial score (nSPS) is 15.1. The van der Waals surface area contributed by atoms with Crippen LogP contribution >= 0.6 is 0 Å². The molecule has 0 saturated carbocycles. The first-order valence-electron chi connectivity index (χ1n) is 5.89. The summed E-state index contributed by atoms with van der Waals surface area (Å²) in [4.78, 5) is 15.6. The molecule has 1 saturated heterocycles. The molecule has 0 bridgehead atoms. The molecule has 1 aromatic rings. The molecule has 1 amide bonds. The zero-order valence-corrected chi connectivity index (χ0v) is 10.3. The molecule has 0 unspecified atom stereocenters. The first kappa shape index (κ1) is 11.8. The lowest BCUT2D eigenvalue weighted by atomic mass is 10.1. The van der Waals surface area contributed by atoms with Gasteiger partial charge in [0.15, 0.2) is 0 Å². The molecule has 0 aromatic heterocycles. The molecule has 4 nitrogen and oxygen atoms in total. The lowest BCUT2D eigenvalue weighted by Crippen LogP contribution is -2.23. The zero-order chi connectivity index (χ0) is 12.4. The summed E-state index contributed by atoms with van der Waals surface area (Å²) >= 11 is 0. The summed E-state index contributed by atoms with van der Waals surface area (Å²) in [6, 6.07) is 5.25. The maximum atomic E-state index is 11.9. The molecular formula is C13H18N2O2. The van der Waals surface area contributed by atoms with Crippen molar-refractivity contribution in [2.75, 3.05) is 32.1 Å². The molecule has 1 aromatic carbocycles. The minimum Gasteiger partial charge on any atom is -0.507 e. The van der Waals surface area contributed by atoms with E-state index in [4.69, 9.17) is 0 Å². The highest BCUT2D eigenvalue weighted by Gasteiger charge is 2.17. The molecule has 17 heavy (non-hydrogen) atoms. The molecule has 4 heteroatoms. The van der Waals surface area contributed by atoms with Gasteiger partial charge in [0.05, 0.1) is 5.56 Å². The molecule has 1 aliphatic rings. The second-order valence-electron chi connectivity index (χ2n) is 4.60. The van der Waals surface area contributed by atoms with Gasteiger partial charge >= 0.3 is 0 Å². The van der Waals surface area contributed by atoms with Gasteiger partial charge in [0, 0.05) is 32.9 Å². The van der Waals surface area contributed by atoms with E-state index in [0.717, 1.165) is 18.8 Å². The molecule has 0 radical (unpaired) electrons. The largest absolute Gasteiger partial charge is 0.507 e. The number of phenols is 1. The monoisotopic (exact) mass is 234 g/mol. The first-order valence-corrected chi connectivity index (χ1v) is 5.89. The Morgan fingerprint density at radius 2 is 1.94 bits per heavy atom. The summed E-state index contributed by atoms with van der Waals surface area (Å²) in [7, 11) is 3.37. The summed E-state index contributed by atoms with van der Waals surface area (Å²) in [6.07, 6.45) is 2.38. The predicted octanol–water partition coefficient (Wildman–Crippen LogP) is 1.69. The Balaban J connectivity index is 2.31. The van der Waals surface area contributed by atoms with Crippen molar-refractivity contribution in [3.05, 3.63) is 23.8 Å². The van der Waals surface area contributed by atoms with E-state index in [-0.39, 0.29) is 11.7 Å². The van der Waals surface area contributed by atoms with Crippen LogP contribution in [0.5, 0.6) is 5.75 Å². The van der Waals surface area contributed by atoms with Gasteiger partial charge < -0.3 is 14.9 Å². The quantitative estimate of drug-likeness (QED) is 0.847. The standard InChI is InChI=1S/C13H18N2O2/c1-14(2)13(17)11-9-10(5-6-12(11)16)15-7-3-4-8-15/h5-6,9,16H,3-4,7-8H2,1-2H3. The summed E-state index contributed by atoms with van der Waals surface area (Å²) in [5, 5.41) is 9.73. The Morgan fingerprint density at radius 3 is 2.53 bits per heavy atom. The van der Waals surface area contributed by atoms with Gasteiger partial charge in [0.25, 0.3) is 5.91 Å². The van der Waals surface area contributed by atoms with Crippen LogP contribution in [0.3, 0.4) is 0 Å². The molecular weight excluding hydrogens is 216 g/mol. The summed E-state index contributed by atoms with van der Waals surface area (Å²) in [5.74, 6) is -0.116. The van der Waals surface area contributed by atoms with Crippen molar-refractivity contribution in [3.8, 4) is 5.75 Å². The number of carbonyl (C=O) groups is 1.